The summed E-state index contributed by atoms with van der Waals surface area (Å²) < 4.78 is 23.6. The smallest absolute Gasteiger partial charge is 0.332 e. The molecule has 2 aliphatic rings. The van der Waals surface area contributed by atoms with Crippen LogP contribution in [0.25, 0.3) is 0 Å². The zero-order chi connectivity index (χ0) is 33.7. The molecule has 48 heavy (non-hydrogen) atoms. The Kier molecular flexibility index (Phi) is 10.0. The quantitative estimate of drug-likeness (QED) is 0.183. The average Bonchev–Trinajstić information content (AvgIpc) is 3.34. The number of benzene rings is 3. The second kappa shape index (κ2) is 14.5. The first kappa shape index (κ1) is 33.1. The van der Waals surface area contributed by atoms with Gasteiger partial charge in [-0.05, 0) is 69.0 Å². The van der Waals surface area contributed by atoms with Gasteiger partial charge in [0.1, 0.15) is 31.1 Å². The predicted octanol–water partition coefficient (Wildman–Crippen LogP) is 6.43. The van der Waals surface area contributed by atoms with Gasteiger partial charge in [0.05, 0.1) is 17.5 Å². The molecule has 3 heterocycles. The van der Waals surface area contributed by atoms with Crippen LogP contribution in [0.15, 0.2) is 91.0 Å². The molecular formula is C38H44N4O6. The van der Waals surface area contributed by atoms with Crippen LogP contribution in [0.1, 0.15) is 44.7 Å². The van der Waals surface area contributed by atoms with E-state index in [1.807, 2.05) is 116 Å². The highest BCUT2D eigenvalue weighted by molar-refractivity contribution is 5.86. The van der Waals surface area contributed by atoms with E-state index in [0.717, 1.165) is 54.1 Å². The van der Waals surface area contributed by atoms with Crippen molar-refractivity contribution in [2.75, 3.05) is 41.4 Å². The Labute approximate surface area is 282 Å². The van der Waals surface area contributed by atoms with E-state index in [4.69, 9.17) is 23.9 Å². The molecule has 1 saturated heterocycles. The summed E-state index contributed by atoms with van der Waals surface area (Å²) in [7, 11) is 1.87. The number of rotatable bonds is 11. The number of piperidine rings is 1. The van der Waals surface area contributed by atoms with Crippen LogP contribution < -0.4 is 24.2 Å². The minimum absolute atomic E-state index is 0.00429. The Morgan fingerprint density at radius 2 is 1.46 bits per heavy atom. The lowest BCUT2D eigenvalue weighted by molar-refractivity contribution is -0.162. The molecule has 10 nitrogen and oxygen atoms in total. The summed E-state index contributed by atoms with van der Waals surface area (Å²) >= 11 is 0. The number of aromatic nitrogens is 1. The van der Waals surface area contributed by atoms with Gasteiger partial charge in [-0.1, -0.05) is 60.7 Å². The number of carbonyl (C=O) groups is 1. The van der Waals surface area contributed by atoms with E-state index in [2.05, 4.69) is 17.0 Å². The van der Waals surface area contributed by atoms with Gasteiger partial charge in [-0.2, -0.15) is 4.98 Å². The Balaban J connectivity index is 1.18. The number of aliphatic hydroxyl groups excluding tert-OH is 1. The average molecular weight is 653 g/mol. The van der Waals surface area contributed by atoms with Crippen molar-refractivity contribution in [3.63, 3.8) is 0 Å². The Morgan fingerprint density at radius 3 is 2.10 bits per heavy atom. The molecule has 0 amide bonds. The third-order valence-electron chi connectivity index (χ3n) is 8.36. The maximum atomic E-state index is 12.1. The van der Waals surface area contributed by atoms with Gasteiger partial charge in [-0.25, -0.2) is 4.79 Å². The molecular weight excluding hydrogens is 608 g/mol. The number of fused-ring (bicyclic) bond motifs is 1. The number of aliphatic hydroxyl groups is 1. The SMILES string of the molecule is CN1c2cc(N3CCC(OCC(=O)OC(C)(C)C)CC3)ccc2N(c2ccc(OCc3ccccc3)nc2OCc2ccccc2)C1O. The Morgan fingerprint density at radius 1 is 0.833 bits per heavy atom. The molecule has 1 unspecified atom stereocenters. The zero-order valence-corrected chi connectivity index (χ0v) is 28.0. The first-order valence-corrected chi connectivity index (χ1v) is 16.4. The van der Waals surface area contributed by atoms with Crippen molar-refractivity contribution >= 4 is 28.7 Å². The highest BCUT2D eigenvalue weighted by Gasteiger charge is 2.36. The highest BCUT2D eigenvalue weighted by Crippen LogP contribution is 2.47. The molecule has 0 spiro atoms. The molecule has 0 aliphatic carbocycles. The number of anilines is 4. The van der Waals surface area contributed by atoms with Gasteiger partial charge in [0.15, 0.2) is 0 Å². The lowest BCUT2D eigenvalue weighted by Gasteiger charge is -2.34. The third-order valence-corrected chi connectivity index (χ3v) is 8.36. The maximum Gasteiger partial charge on any atom is 0.332 e. The summed E-state index contributed by atoms with van der Waals surface area (Å²) in [5.41, 5.74) is 4.94. The summed E-state index contributed by atoms with van der Waals surface area (Å²) in [6, 6.07) is 29.8. The lowest BCUT2D eigenvalue weighted by Crippen LogP contribution is -2.38. The van der Waals surface area contributed by atoms with Crippen molar-refractivity contribution in [1.29, 1.82) is 0 Å². The Hall–Kier alpha value is -4.80. The second-order valence-electron chi connectivity index (χ2n) is 13.1. The molecule has 10 heteroatoms. The molecule has 1 fully saturated rings. The van der Waals surface area contributed by atoms with E-state index < -0.39 is 12.0 Å². The van der Waals surface area contributed by atoms with Crippen LogP contribution in [-0.4, -0.2) is 60.9 Å². The minimum Gasteiger partial charge on any atom is -0.473 e. The molecule has 6 rings (SSSR count). The predicted molar refractivity (Wildman–Crippen MR) is 186 cm³/mol. The largest absolute Gasteiger partial charge is 0.473 e. The minimum atomic E-state index is -0.973. The molecule has 0 radical (unpaired) electrons. The first-order valence-electron chi connectivity index (χ1n) is 16.4. The number of hydrogen-bond acceptors (Lipinski definition) is 10. The molecule has 1 N–H and O–H groups in total. The number of nitrogens with zero attached hydrogens (tertiary/aromatic N) is 4. The van der Waals surface area contributed by atoms with E-state index in [0.29, 0.717) is 30.7 Å². The number of pyridine rings is 1. The fourth-order valence-corrected chi connectivity index (χ4v) is 5.95. The molecule has 3 aromatic carbocycles. The van der Waals surface area contributed by atoms with Crippen LogP contribution >= 0.6 is 0 Å². The fourth-order valence-electron chi connectivity index (χ4n) is 5.95. The lowest BCUT2D eigenvalue weighted by atomic mass is 10.1. The molecule has 4 aromatic rings. The molecule has 252 valence electrons. The van der Waals surface area contributed by atoms with Crippen molar-refractivity contribution < 1.29 is 28.8 Å². The van der Waals surface area contributed by atoms with Gasteiger partial charge in [-0.15, -0.1) is 0 Å². The van der Waals surface area contributed by atoms with E-state index in [9.17, 15) is 9.90 Å². The molecule has 0 bridgehead atoms. The fraction of sp³-hybridized carbons (Fsp3) is 0.368. The van der Waals surface area contributed by atoms with E-state index >= 15 is 0 Å². The maximum absolute atomic E-state index is 12.1. The van der Waals surface area contributed by atoms with Crippen LogP contribution in [-0.2, 0) is 27.5 Å². The third kappa shape index (κ3) is 8.00. The summed E-state index contributed by atoms with van der Waals surface area (Å²) in [5.74, 6) is 0.455. The van der Waals surface area contributed by atoms with Gasteiger partial charge in [-0.3, -0.25) is 4.90 Å². The van der Waals surface area contributed by atoms with Gasteiger partial charge in [0.2, 0.25) is 18.1 Å². The summed E-state index contributed by atoms with van der Waals surface area (Å²) in [6.07, 6.45) is 0.636. The normalized spacial score (nSPS) is 16.5. The summed E-state index contributed by atoms with van der Waals surface area (Å²) in [6.45, 7) is 7.79. The number of ether oxygens (including phenoxy) is 4. The van der Waals surface area contributed by atoms with Crippen LogP contribution in [0.3, 0.4) is 0 Å². The molecule has 1 aromatic heterocycles. The zero-order valence-electron chi connectivity index (χ0n) is 28.0. The van der Waals surface area contributed by atoms with Crippen molar-refractivity contribution in [2.24, 2.45) is 0 Å². The first-order chi connectivity index (χ1) is 23.1. The molecule has 2 aliphatic heterocycles. The van der Waals surface area contributed by atoms with Crippen LogP contribution in [0.5, 0.6) is 11.8 Å². The molecule has 0 saturated carbocycles. The summed E-state index contributed by atoms with van der Waals surface area (Å²) in [4.78, 5) is 22.8. The van der Waals surface area contributed by atoms with Gasteiger partial charge >= 0.3 is 5.97 Å². The number of esters is 1. The van der Waals surface area contributed by atoms with Gasteiger partial charge in [0.25, 0.3) is 0 Å². The Bertz CT molecular complexity index is 1670. The van der Waals surface area contributed by atoms with Gasteiger partial charge in [0, 0.05) is 31.9 Å². The van der Waals surface area contributed by atoms with Crippen molar-refractivity contribution in [3.8, 4) is 11.8 Å². The van der Waals surface area contributed by atoms with E-state index in [1.54, 1.807) is 0 Å². The van der Waals surface area contributed by atoms with Crippen molar-refractivity contribution in [3.05, 3.63) is 102 Å². The van der Waals surface area contributed by atoms with E-state index in [-0.39, 0.29) is 18.7 Å². The van der Waals surface area contributed by atoms with Gasteiger partial charge < -0.3 is 33.9 Å². The standard InChI is InChI=1S/C38H44N4O6/c1-38(2,3)48-35(43)26-45-30-19-21-41(22-20-30)29-15-16-31-33(23-29)40(4)37(44)42(31)32-17-18-34(46-24-27-11-7-5-8-12-27)39-36(32)47-25-28-13-9-6-10-14-28/h5-18,23,30,37,44H,19-22,24-26H2,1-4H3. The van der Waals surface area contributed by atoms with Crippen LogP contribution in [0.2, 0.25) is 0 Å². The van der Waals surface area contributed by atoms with Crippen LogP contribution in [0.4, 0.5) is 22.7 Å². The monoisotopic (exact) mass is 652 g/mol. The topological polar surface area (TPSA) is 96.8 Å². The number of hydrogen-bond donors (Lipinski definition) is 1. The molecule has 1 atom stereocenters. The highest BCUT2D eigenvalue weighted by atomic mass is 16.6. The van der Waals surface area contributed by atoms with Crippen molar-refractivity contribution in [2.45, 2.75) is 64.9 Å². The summed E-state index contributed by atoms with van der Waals surface area (Å²) in [5, 5.41) is 11.5. The van der Waals surface area contributed by atoms with Crippen LogP contribution in [0, 0.1) is 0 Å². The number of carbonyl (C=O) groups excluding carboxylic acids is 1. The second-order valence-corrected chi connectivity index (χ2v) is 13.1. The van der Waals surface area contributed by atoms with Crippen molar-refractivity contribution in [1.82, 2.24) is 4.98 Å². The van der Waals surface area contributed by atoms with E-state index in [1.165, 1.54) is 0 Å².